The highest BCUT2D eigenvalue weighted by Gasteiger charge is 2.35. The van der Waals surface area contributed by atoms with Crippen LogP contribution in [-0.4, -0.2) is 40.9 Å². The highest BCUT2D eigenvalue weighted by molar-refractivity contribution is 7.15. The average molecular weight is 303 g/mol. The Morgan fingerprint density at radius 2 is 2.24 bits per heavy atom. The third kappa shape index (κ3) is 2.36. The number of rotatable bonds is 2. The fourth-order valence-corrected chi connectivity index (χ4v) is 4.38. The van der Waals surface area contributed by atoms with E-state index in [9.17, 15) is 0 Å². The quantitative estimate of drug-likeness (QED) is 0.894. The van der Waals surface area contributed by atoms with Crippen molar-refractivity contribution in [3.8, 4) is 10.7 Å². The SMILES string of the molecule is Cc1cc(-c2nc(N3CC4CCCNC4C3)n[nH]2)sc1C. The van der Waals surface area contributed by atoms with Gasteiger partial charge in [-0.05, 0) is 50.8 Å². The molecule has 0 aliphatic carbocycles. The lowest BCUT2D eigenvalue weighted by Crippen LogP contribution is -2.40. The van der Waals surface area contributed by atoms with Gasteiger partial charge in [0.25, 0.3) is 0 Å². The van der Waals surface area contributed by atoms with Crippen LogP contribution in [0.3, 0.4) is 0 Å². The molecule has 4 rings (SSSR count). The number of hydrogen-bond donors (Lipinski definition) is 2. The molecule has 4 heterocycles. The summed E-state index contributed by atoms with van der Waals surface area (Å²) in [5, 5.41) is 11.2. The summed E-state index contributed by atoms with van der Waals surface area (Å²) in [6.07, 6.45) is 2.62. The highest BCUT2D eigenvalue weighted by atomic mass is 32.1. The van der Waals surface area contributed by atoms with E-state index in [1.54, 1.807) is 11.3 Å². The molecule has 2 saturated heterocycles. The second kappa shape index (κ2) is 5.10. The van der Waals surface area contributed by atoms with E-state index in [-0.39, 0.29) is 0 Å². The summed E-state index contributed by atoms with van der Waals surface area (Å²) < 4.78 is 0. The minimum atomic E-state index is 0.618. The van der Waals surface area contributed by atoms with Crippen molar-refractivity contribution < 1.29 is 0 Å². The highest BCUT2D eigenvalue weighted by Crippen LogP contribution is 2.31. The zero-order valence-electron chi connectivity index (χ0n) is 12.5. The summed E-state index contributed by atoms with van der Waals surface area (Å²) in [5.41, 5.74) is 1.32. The van der Waals surface area contributed by atoms with Crippen molar-refractivity contribution in [3.05, 3.63) is 16.5 Å². The van der Waals surface area contributed by atoms with Crippen LogP contribution < -0.4 is 10.2 Å². The molecule has 2 unspecified atom stereocenters. The topological polar surface area (TPSA) is 56.8 Å². The molecular weight excluding hydrogens is 282 g/mol. The Bertz CT molecular complexity index is 613. The third-order valence-electron chi connectivity index (χ3n) is 4.76. The van der Waals surface area contributed by atoms with Crippen molar-refractivity contribution in [1.82, 2.24) is 20.5 Å². The maximum Gasteiger partial charge on any atom is 0.245 e. The number of nitrogens with zero attached hydrogens (tertiary/aromatic N) is 3. The summed E-state index contributed by atoms with van der Waals surface area (Å²) in [5.74, 6) is 2.51. The van der Waals surface area contributed by atoms with Crippen LogP contribution in [0.15, 0.2) is 6.07 Å². The molecule has 5 nitrogen and oxygen atoms in total. The van der Waals surface area contributed by atoms with Crippen LogP contribution in [0, 0.1) is 19.8 Å². The smallest absolute Gasteiger partial charge is 0.245 e. The summed E-state index contributed by atoms with van der Waals surface area (Å²) in [7, 11) is 0. The van der Waals surface area contributed by atoms with Gasteiger partial charge in [-0.2, -0.15) is 4.98 Å². The molecule has 0 amide bonds. The van der Waals surface area contributed by atoms with Crippen molar-refractivity contribution in [2.45, 2.75) is 32.7 Å². The number of aromatic amines is 1. The number of thiophene rings is 1. The van der Waals surface area contributed by atoms with Crippen LogP contribution in [0.4, 0.5) is 5.95 Å². The molecule has 0 spiro atoms. The van der Waals surface area contributed by atoms with E-state index in [4.69, 9.17) is 4.98 Å². The van der Waals surface area contributed by atoms with Crippen LogP contribution in [0.1, 0.15) is 23.3 Å². The first-order chi connectivity index (χ1) is 10.2. The van der Waals surface area contributed by atoms with E-state index in [0.717, 1.165) is 37.3 Å². The first-order valence-electron chi connectivity index (χ1n) is 7.69. The number of aromatic nitrogens is 3. The molecule has 0 saturated carbocycles. The molecule has 0 bridgehead atoms. The van der Waals surface area contributed by atoms with Crippen molar-refractivity contribution in [1.29, 1.82) is 0 Å². The maximum atomic E-state index is 4.72. The Morgan fingerprint density at radius 3 is 3.00 bits per heavy atom. The third-order valence-corrected chi connectivity index (χ3v) is 5.91. The molecule has 2 aliphatic heterocycles. The number of piperidine rings is 1. The fraction of sp³-hybridized carbons (Fsp3) is 0.600. The van der Waals surface area contributed by atoms with Gasteiger partial charge in [-0.1, -0.05) is 0 Å². The molecule has 2 N–H and O–H groups in total. The number of nitrogens with one attached hydrogen (secondary N) is 2. The Morgan fingerprint density at radius 1 is 1.33 bits per heavy atom. The Balaban J connectivity index is 1.54. The van der Waals surface area contributed by atoms with E-state index in [0.29, 0.717) is 6.04 Å². The normalized spacial score (nSPS) is 25.3. The minimum absolute atomic E-state index is 0.618. The van der Waals surface area contributed by atoms with E-state index < -0.39 is 0 Å². The Kier molecular flexibility index (Phi) is 3.23. The molecule has 0 aromatic carbocycles. The lowest BCUT2D eigenvalue weighted by molar-refractivity contribution is 0.340. The molecule has 2 aromatic rings. The van der Waals surface area contributed by atoms with Crippen LogP contribution in [0.5, 0.6) is 0 Å². The van der Waals surface area contributed by atoms with Gasteiger partial charge >= 0.3 is 0 Å². The number of aryl methyl sites for hydroxylation is 2. The Hall–Kier alpha value is -1.40. The van der Waals surface area contributed by atoms with Crippen molar-refractivity contribution in [2.24, 2.45) is 5.92 Å². The lowest BCUT2D eigenvalue weighted by Gasteiger charge is -2.24. The first-order valence-corrected chi connectivity index (χ1v) is 8.50. The van der Waals surface area contributed by atoms with Gasteiger partial charge in [0.15, 0.2) is 5.82 Å². The maximum absolute atomic E-state index is 4.72. The monoisotopic (exact) mass is 303 g/mol. The molecule has 2 atom stereocenters. The second-order valence-corrected chi connectivity index (χ2v) is 7.46. The summed E-state index contributed by atoms with van der Waals surface area (Å²) in [4.78, 5) is 9.56. The van der Waals surface area contributed by atoms with Crippen LogP contribution >= 0.6 is 11.3 Å². The minimum Gasteiger partial charge on any atom is -0.338 e. The standard InChI is InChI=1S/C15H21N5S/c1-9-6-13(21-10(9)2)14-17-15(19-18-14)20-7-11-4-3-5-16-12(11)8-20/h6,11-12,16H,3-5,7-8H2,1-2H3,(H,17,18,19). The molecule has 2 aliphatic rings. The summed E-state index contributed by atoms with van der Waals surface area (Å²) in [6.45, 7) is 7.56. The number of H-pyrrole nitrogens is 1. The Labute approximate surface area is 128 Å². The van der Waals surface area contributed by atoms with Crippen molar-refractivity contribution >= 4 is 17.3 Å². The molecule has 2 fully saturated rings. The first kappa shape index (κ1) is 13.3. The lowest BCUT2D eigenvalue weighted by atomic mass is 9.94. The zero-order chi connectivity index (χ0) is 14.4. The second-order valence-electron chi connectivity index (χ2n) is 6.20. The van der Waals surface area contributed by atoms with Gasteiger partial charge in [0.1, 0.15) is 0 Å². The van der Waals surface area contributed by atoms with Crippen LogP contribution in [-0.2, 0) is 0 Å². The molecule has 112 valence electrons. The number of fused-ring (bicyclic) bond motifs is 1. The summed E-state index contributed by atoms with van der Waals surface area (Å²) in [6, 6.07) is 2.81. The van der Waals surface area contributed by atoms with Gasteiger partial charge in [-0.15, -0.1) is 16.4 Å². The van der Waals surface area contributed by atoms with Gasteiger partial charge in [-0.25, -0.2) is 0 Å². The van der Waals surface area contributed by atoms with E-state index in [1.807, 2.05) is 0 Å². The van der Waals surface area contributed by atoms with Gasteiger partial charge in [0.05, 0.1) is 4.88 Å². The van der Waals surface area contributed by atoms with Gasteiger partial charge in [-0.3, -0.25) is 5.10 Å². The molecule has 0 radical (unpaired) electrons. The fourth-order valence-electron chi connectivity index (χ4n) is 3.40. The molecule has 21 heavy (non-hydrogen) atoms. The molecule has 6 heteroatoms. The van der Waals surface area contributed by atoms with E-state index in [1.165, 1.54) is 28.2 Å². The van der Waals surface area contributed by atoms with Crippen LogP contribution in [0.2, 0.25) is 0 Å². The van der Waals surface area contributed by atoms with Crippen molar-refractivity contribution in [2.75, 3.05) is 24.5 Å². The molecular formula is C15H21N5S. The number of anilines is 1. The molecule has 2 aromatic heterocycles. The largest absolute Gasteiger partial charge is 0.338 e. The van der Waals surface area contributed by atoms with E-state index in [2.05, 4.69) is 40.3 Å². The number of hydrogen-bond acceptors (Lipinski definition) is 5. The van der Waals surface area contributed by atoms with Gasteiger partial charge in [0, 0.05) is 24.0 Å². The summed E-state index contributed by atoms with van der Waals surface area (Å²) >= 11 is 1.78. The van der Waals surface area contributed by atoms with E-state index >= 15 is 0 Å². The van der Waals surface area contributed by atoms with Crippen LogP contribution in [0.25, 0.3) is 10.7 Å². The zero-order valence-corrected chi connectivity index (χ0v) is 13.3. The van der Waals surface area contributed by atoms with Crippen molar-refractivity contribution in [3.63, 3.8) is 0 Å². The predicted octanol–water partition coefficient (Wildman–Crippen LogP) is 2.34. The van der Waals surface area contributed by atoms with Gasteiger partial charge < -0.3 is 10.2 Å². The average Bonchev–Trinajstić information content (AvgIpc) is 3.17. The van der Waals surface area contributed by atoms with Gasteiger partial charge in [0.2, 0.25) is 5.95 Å². The predicted molar refractivity (Wildman–Crippen MR) is 85.9 cm³/mol.